The summed E-state index contributed by atoms with van der Waals surface area (Å²) in [5, 5.41) is 9.22. The number of nitrogens with one attached hydrogen (secondary N) is 2. The van der Waals surface area contributed by atoms with Crippen LogP contribution in [0.1, 0.15) is 12.8 Å². The number of benzene rings is 1. The second-order valence-corrected chi connectivity index (χ2v) is 8.12. The van der Waals surface area contributed by atoms with Crippen LogP contribution in [0.25, 0.3) is 10.2 Å². The van der Waals surface area contributed by atoms with Crippen LogP contribution in [0.2, 0.25) is 0 Å². The van der Waals surface area contributed by atoms with Crippen LogP contribution in [0, 0.1) is 5.92 Å². The van der Waals surface area contributed by atoms with E-state index < -0.39 is 0 Å². The molecule has 0 spiro atoms. The Hall–Kier alpha value is -2.45. The van der Waals surface area contributed by atoms with Gasteiger partial charge in [-0.1, -0.05) is 23.5 Å². The van der Waals surface area contributed by atoms with E-state index in [0.29, 0.717) is 31.1 Å². The topological polar surface area (TPSA) is 74.3 Å². The number of anilines is 2. The van der Waals surface area contributed by atoms with Gasteiger partial charge in [-0.3, -0.25) is 10.1 Å². The second kappa shape index (κ2) is 7.43. The van der Waals surface area contributed by atoms with E-state index in [4.69, 9.17) is 0 Å². The van der Waals surface area contributed by atoms with Crippen LogP contribution < -0.4 is 10.6 Å². The molecule has 134 valence electrons. The maximum Gasteiger partial charge on any atom is 0.322 e. The standard InChI is InChI=1S/C18H18N4O2S2/c23-16(21-17-19-13-4-1-2-5-14(13)26-17)12-7-9-22(10-8-12)18(24)20-15-6-3-11-25-15/h1-6,11-12H,7-10H2,(H,20,24)(H,19,21,23). The highest BCUT2D eigenvalue weighted by Crippen LogP contribution is 2.27. The molecule has 0 unspecified atom stereocenters. The van der Waals surface area contributed by atoms with Crippen molar-refractivity contribution in [1.29, 1.82) is 0 Å². The Balaban J connectivity index is 1.31. The molecule has 0 bridgehead atoms. The fourth-order valence-corrected chi connectivity index (χ4v) is 4.49. The second-order valence-electron chi connectivity index (χ2n) is 6.14. The number of likely N-dealkylation sites (tertiary alicyclic amines) is 1. The highest BCUT2D eigenvalue weighted by molar-refractivity contribution is 7.22. The molecular formula is C18H18N4O2S2. The molecule has 1 saturated heterocycles. The van der Waals surface area contributed by atoms with Crippen molar-refractivity contribution >= 4 is 55.0 Å². The van der Waals surface area contributed by atoms with Gasteiger partial charge in [-0.25, -0.2) is 9.78 Å². The first-order chi connectivity index (χ1) is 12.7. The summed E-state index contributed by atoms with van der Waals surface area (Å²) in [4.78, 5) is 31.0. The number of aromatic nitrogens is 1. The molecule has 0 saturated carbocycles. The van der Waals surface area contributed by atoms with E-state index in [0.717, 1.165) is 15.2 Å². The highest BCUT2D eigenvalue weighted by atomic mass is 32.1. The number of urea groups is 1. The van der Waals surface area contributed by atoms with Gasteiger partial charge in [0.05, 0.1) is 15.2 Å². The molecule has 3 aromatic rings. The lowest BCUT2D eigenvalue weighted by atomic mass is 9.96. The van der Waals surface area contributed by atoms with Gasteiger partial charge in [-0.05, 0) is 42.5 Å². The molecule has 0 aliphatic carbocycles. The lowest BCUT2D eigenvalue weighted by Gasteiger charge is -2.31. The van der Waals surface area contributed by atoms with Crippen LogP contribution >= 0.6 is 22.7 Å². The molecule has 1 aliphatic heterocycles. The molecule has 2 aromatic heterocycles. The van der Waals surface area contributed by atoms with Gasteiger partial charge in [0, 0.05) is 19.0 Å². The summed E-state index contributed by atoms with van der Waals surface area (Å²) in [6, 6.07) is 11.5. The molecule has 1 aliphatic rings. The summed E-state index contributed by atoms with van der Waals surface area (Å²) in [6.45, 7) is 1.16. The van der Waals surface area contributed by atoms with Gasteiger partial charge in [0.25, 0.3) is 0 Å². The number of fused-ring (bicyclic) bond motifs is 1. The van der Waals surface area contributed by atoms with Crippen LogP contribution in [0.4, 0.5) is 14.9 Å². The molecule has 3 amide bonds. The predicted octanol–water partition coefficient (Wildman–Crippen LogP) is 4.24. The van der Waals surface area contributed by atoms with E-state index in [1.54, 1.807) is 4.90 Å². The minimum Gasteiger partial charge on any atom is -0.324 e. The molecule has 0 atom stereocenters. The van der Waals surface area contributed by atoms with Crippen molar-refractivity contribution in [3.05, 3.63) is 41.8 Å². The Morgan fingerprint density at radius 2 is 1.88 bits per heavy atom. The zero-order valence-corrected chi connectivity index (χ0v) is 15.6. The Kier molecular flexibility index (Phi) is 4.85. The molecule has 1 aromatic carbocycles. The van der Waals surface area contributed by atoms with Crippen molar-refractivity contribution in [3.63, 3.8) is 0 Å². The van der Waals surface area contributed by atoms with Gasteiger partial charge >= 0.3 is 6.03 Å². The number of piperidine rings is 1. The number of thiazole rings is 1. The predicted molar refractivity (Wildman–Crippen MR) is 106 cm³/mol. The van der Waals surface area contributed by atoms with Crippen LogP contribution in [0.3, 0.4) is 0 Å². The number of nitrogens with zero attached hydrogens (tertiary/aromatic N) is 2. The SMILES string of the molecule is O=C(Nc1nc2ccccc2s1)C1CCN(C(=O)Nc2cccs2)CC1. The number of rotatable bonds is 3. The van der Waals surface area contributed by atoms with Gasteiger partial charge in [-0.2, -0.15) is 0 Å². The number of amides is 3. The lowest BCUT2D eigenvalue weighted by molar-refractivity contribution is -0.121. The first-order valence-corrected chi connectivity index (χ1v) is 10.1. The average molecular weight is 387 g/mol. The molecule has 1 fully saturated rings. The average Bonchev–Trinajstić information content (AvgIpc) is 3.30. The third-order valence-electron chi connectivity index (χ3n) is 4.43. The smallest absolute Gasteiger partial charge is 0.322 e. The van der Waals surface area contributed by atoms with Gasteiger partial charge in [0.2, 0.25) is 5.91 Å². The fraction of sp³-hybridized carbons (Fsp3) is 0.278. The van der Waals surface area contributed by atoms with Gasteiger partial charge < -0.3 is 10.2 Å². The van der Waals surface area contributed by atoms with Crippen molar-refractivity contribution < 1.29 is 9.59 Å². The fourth-order valence-electron chi connectivity index (χ4n) is 3.01. The largest absolute Gasteiger partial charge is 0.324 e. The zero-order chi connectivity index (χ0) is 17.9. The van der Waals surface area contributed by atoms with Gasteiger partial charge in [0.15, 0.2) is 5.13 Å². The number of hydrogen-bond donors (Lipinski definition) is 2. The molecular weight excluding hydrogens is 368 g/mol. The third kappa shape index (κ3) is 3.71. The molecule has 8 heteroatoms. The van der Waals surface area contributed by atoms with Gasteiger partial charge in [-0.15, -0.1) is 11.3 Å². The van der Waals surface area contributed by atoms with E-state index in [1.165, 1.54) is 22.7 Å². The number of carbonyl (C=O) groups is 2. The summed E-state index contributed by atoms with van der Waals surface area (Å²) in [6.07, 6.45) is 1.32. The maximum atomic E-state index is 12.5. The number of thiophene rings is 1. The highest BCUT2D eigenvalue weighted by Gasteiger charge is 2.28. The molecule has 0 radical (unpaired) electrons. The van der Waals surface area contributed by atoms with E-state index >= 15 is 0 Å². The Labute approximate surface area is 158 Å². The van der Waals surface area contributed by atoms with E-state index in [9.17, 15) is 9.59 Å². The minimum absolute atomic E-state index is 0.0117. The Morgan fingerprint density at radius 1 is 1.08 bits per heavy atom. The summed E-state index contributed by atoms with van der Waals surface area (Å²) in [5.41, 5.74) is 0.896. The van der Waals surface area contributed by atoms with Crippen LogP contribution in [-0.2, 0) is 4.79 Å². The van der Waals surface area contributed by atoms with Gasteiger partial charge in [0.1, 0.15) is 0 Å². The van der Waals surface area contributed by atoms with E-state index in [2.05, 4.69) is 15.6 Å². The Bertz CT molecular complexity index is 881. The third-order valence-corrected chi connectivity index (χ3v) is 6.17. The summed E-state index contributed by atoms with van der Waals surface area (Å²) >= 11 is 2.98. The van der Waals surface area contributed by atoms with Crippen LogP contribution in [-0.4, -0.2) is 34.9 Å². The summed E-state index contributed by atoms with van der Waals surface area (Å²) in [7, 11) is 0. The summed E-state index contributed by atoms with van der Waals surface area (Å²) < 4.78 is 1.06. The molecule has 6 nitrogen and oxygen atoms in total. The number of para-hydroxylation sites is 1. The lowest BCUT2D eigenvalue weighted by Crippen LogP contribution is -2.43. The van der Waals surface area contributed by atoms with E-state index in [1.807, 2.05) is 41.8 Å². The normalized spacial score (nSPS) is 15.2. The Morgan fingerprint density at radius 3 is 2.62 bits per heavy atom. The quantitative estimate of drug-likeness (QED) is 0.707. The monoisotopic (exact) mass is 386 g/mol. The molecule has 2 N–H and O–H groups in total. The molecule has 4 rings (SSSR count). The van der Waals surface area contributed by atoms with Crippen molar-refractivity contribution in [2.75, 3.05) is 23.7 Å². The number of carbonyl (C=O) groups excluding carboxylic acids is 2. The zero-order valence-electron chi connectivity index (χ0n) is 14.0. The summed E-state index contributed by atoms with van der Waals surface area (Å²) in [5.74, 6) is -0.102. The van der Waals surface area contributed by atoms with Crippen molar-refractivity contribution in [2.45, 2.75) is 12.8 Å². The minimum atomic E-state index is -0.0996. The van der Waals surface area contributed by atoms with E-state index in [-0.39, 0.29) is 17.9 Å². The van der Waals surface area contributed by atoms with Crippen LogP contribution in [0.5, 0.6) is 0 Å². The maximum absolute atomic E-state index is 12.5. The molecule has 26 heavy (non-hydrogen) atoms. The van der Waals surface area contributed by atoms with Crippen molar-refractivity contribution in [1.82, 2.24) is 9.88 Å². The first-order valence-electron chi connectivity index (χ1n) is 8.45. The first kappa shape index (κ1) is 17.0. The van der Waals surface area contributed by atoms with Crippen molar-refractivity contribution in [3.8, 4) is 0 Å². The van der Waals surface area contributed by atoms with Crippen molar-refractivity contribution in [2.24, 2.45) is 5.92 Å². The van der Waals surface area contributed by atoms with Crippen LogP contribution in [0.15, 0.2) is 41.8 Å². The molecule has 3 heterocycles. The number of hydrogen-bond acceptors (Lipinski definition) is 5.